The van der Waals surface area contributed by atoms with Crippen LogP contribution in [-0.4, -0.2) is 61.7 Å². The first-order valence-electron chi connectivity index (χ1n) is 12.4. The molecule has 0 spiro atoms. The molecule has 184 valence electrons. The summed E-state index contributed by atoms with van der Waals surface area (Å²) in [6.07, 6.45) is 0.805. The summed E-state index contributed by atoms with van der Waals surface area (Å²) in [6.45, 7) is 11.2. The number of hydrogen-bond donors (Lipinski definition) is 0. The van der Waals surface area contributed by atoms with Crippen molar-refractivity contribution in [2.75, 3.05) is 46.0 Å². The molecule has 0 aliphatic carbocycles. The fourth-order valence-corrected chi connectivity index (χ4v) is 5.06. The fraction of sp³-hybridized carbons (Fsp3) is 0.429. The molecule has 5 rings (SSSR count). The lowest BCUT2D eigenvalue weighted by Gasteiger charge is -2.29. The Hall–Kier alpha value is -3.16. The zero-order valence-corrected chi connectivity index (χ0v) is 20.6. The topological polar surface area (TPSA) is 72.2 Å². The summed E-state index contributed by atoms with van der Waals surface area (Å²) in [7, 11) is 0. The predicted molar refractivity (Wildman–Crippen MR) is 134 cm³/mol. The van der Waals surface area contributed by atoms with Gasteiger partial charge in [0.05, 0.1) is 36.8 Å². The number of carbonyl (C=O) groups is 1. The van der Waals surface area contributed by atoms with Crippen molar-refractivity contribution < 1.29 is 18.7 Å². The van der Waals surface area contributed by atoms with E-state index in [4.69, 9.17) is 13.9 Å². The highest BCUT2D eigenvalue weighted by molar-refractivity contribution is 5.99. The lowest BCUT2D eigenvalue weighted by Crippen LogP contribution is -2.38. The molecule has 0 saturated carbocycles. The van der Waals surface area contributed by atoms with Gasteiger partial charge in [0.1, 0.15) is 11.3 Å². The van der Waals surface area contributed by atoms with Gasteiger partial charge in [-0.25, -0.2) is 0 Å². The van der Waals surface area contributed by atoms with E-state index in [-0.39, 0.29) is 17.1 Å². The lowest BCUT2D eigenvalue weighted by atomic mass is 9.97. The smallest absolute Gasteiger partial charge is 0.290 e. The van der Waals surface area contributed by atoms with E-state index in [0.29, 0.717) is 29.7 Å². The summed E-state index contributed by atoms with van der Waals surface area (Å²) < 4.78 is 17.2. The Balaban J connectivity index is 1.54. The van der Waals surface area contributed by atoms with Crippen LogP contribution in [0.2, 0.25) is 0 Å². The zero-order valence-electron chi connectivity index (χ0n) is 20.6. The Bertz CT molecular complexity index is 1290. The summed E-state index contributed by atoms with van der Waals surface area (Å²) >= 11 is 0. The second kappa shape index (κ2) is 9.84. The highest BCUT2D eigenvalue weighted by Crippen LogP contribution is 2.39. The monoisotopic (exact) mass is 476 g/mol. The summed E-state index contributed by atoms with van der Waals surface area (Å²) in [5, 5.41) is 0.519. The third-order valence-corrected chi connectivity index (χ3v) is 7.07. The maximum absolute atomic E-state index is 13.8. The summed E-state index contributed by atoms with van der Waals surface area (Å²) in [6, 6.07) is 10.9. The molecule has 3 heterocycles. The Kier molecular flexibility index (Phi) is 6.62. The van der Waals surface area contributed by atoms with Crippen molar-refractivity contribution in [2.45, 2.75) is 33.2 Å². The van der Waals surface area contributed by atoms with E-state index in [2.05, 4.69) is 4.90 Å². The van der Waals surface area contributed by atoms with Crippen LogP contribution in [0.1, 0.15) is 52.2 Å². The van der Waals surface area contributed by atoms with Crippen molar-refractivity contribution in [3.05, 3.63) is 74.6 Å². The number of morpholine rings is 1. The van der Waals surface area contributed by atoms with E-state index >= 15 is 0 Å². The maximum Gasteiger partial charge on any atom is 0.290 e. The molecule has 0 radical (unpaired) electrons. The minimum absolute atomic E-state index is 0.132. The van der Waals surface area contributed by atoms with Crippen LogP contribution >= 0.6 is 0 Å². The van der Waals surface area contributed by atoms with Gasteiger partial charge in [-0.2, -0.15) is 0 Å². The van der Waals surface area contributed by atoms with Crippen molar-refractivity contribution >= 4 is 16.9 Å². The number of nitrogens with zero attached hydrogens (tertiary/aromatic N) is 2. The van der Waals surface area contributed by atoms with E-state index < -0.39 is 6.04 Å². The third kappa shape index (κ3) is 4.46. The molecular formula is C28H32N2O5. The van der Waals surface area contributed by atoms with Crippen molar-refractivity contribution in [3.63, 3.8) is 0 Å². The Labute approximate surface area is 205 Å². The standard InChI is InChI=1S/C28H32N2O5/c1-4-34-21-8-6-20(7-9-21)25-24-26(31)22-16-18(2)19(3)17-23(22)35-27(24)28(32)30(25)11-5-10-29-12-14-33-15-13-29/h6-9,16-17,25H,4-5,10-15H2,1-3H3/t25-/m0/s1. The molecule has 1 aromatic heterocycles. The number of hydrogen-bond acceptors (Lipinski definition) is 6. The minimum Gasteiger partial charge on any atom is -0.494 e. The van der Waals surface area contributed by atoms with Gasteiger partial charge >= 0.3 is 0 Å². The second-order valence-electron chi connectivity index (χ2n) is 9.32. The highest BCUT2D eigenvalue weighted by atomic mass is 16.5. The number of benzene rings is 2. The number of rotatable bonds is 7. The van der Waals surface area contributed by atoms with Gasteiger partial charge < -0.3 is 18.8 Å². The van der Waals surface area contributed by atoms with Gasteiger partial charge in [-0.05, 0) is 68.1 Å². The third-order valence-electron chi connectivity index (χ3n) is 7.07. The van der Waals surface area contributed by atoms with Crippen LogP contribution < -0.4 is 10.2 Å². The van der Waals surface area contributed by atoms with E-state index in [1.807, 2.05) is 57.2 Å². The van der Waals surface area contributed by atoms with Gasteiger partial charge in [0, 0.05) is 26.2 Å². The van der Waals surface area contributed by atoms with E-state index in [1.54, 1.807) is 4.90 Å². The van der Waals surface area contributed by atoms with Gasteiger partial charge in [-0.3, -0.25) is 14.5 Å². The van der Waals surface area contributed by atoms with Gasteiger partial charge in [0.15, 0.2) is 5.43 Å². The van der Waals surface area contributed by atoms with E-state index in [0.717, 1.165) is 61.7 Å². The number of ether oxygens (including phenoxy) is 2. The van der Waals surface area contributed by atoms with Crippen LogP contribution in [-0.2, 0) is 4.74 Å². The number of aryl methyl sites for hydroxylation is 2. The molecule has 2 aliphatic rings. The normalized spacial score (nSPS) is 18.3. The molecule has 7 heteroatoms. The summed E-state index contributed by atoms with van der Waals surface area (Å²) in [4.78, 5) is 31.5. The highest BCUT2D eigenvalue weighted by Gasteiger charge is 2.42. The molecule has 7 nitrogen and oxygen atoms in total. The largest absolute Gasteiger partial charge is 0.494 e. The molecule has 1 fully saturated rings. The van der Waals surface area contributed by atoms with Crippen LogP contribution in [0.4, 0.5) is 0 Å². The van der Waals surface area contributed by atoms with Crippen LogP contribution in [0.3, 0.4) is 0 Å². The van der Waals surface area contributed by atoms with Gasteiger partial charge in [0.25, 0.3) is 5.91 Å². The van der Waals surface area contributed by atoms with Crippen molar-refractivity contribution in [3.8, 4) is 5.75 Å². The molecule has 1 atom stereocenters. The first-order valence-corrected chi connectivity index (χ1v) is 12.4. The molecule has 2 aromatic carbocycles. The molecule has 2 aliphatic heterocycles. The molecule has 3 aromatic rings. The Morgan fingerprint density at radius 2 is 1.71 bits per heavy atom. The predicted octanol–water partition coefficient (Wildman–Crippen LogP) is 4.08. The van der Waals surface area contributed by atoms with Crippen molar-refractivity contribution in [1.82, 2.24) is 9.80 Å². The molecule has 0 bridgehead atoms. The van der Waals surface area contributed by atoms with E-state index in [1.165, 1.54) is 0 Å². The van der Waals surface area contributed by atoms with Crippen LogP contribution in [0, 0.1) is 13.8 Å². The van der Waals surface area contributed by atoms with Crippen LogP contribution in [0.5, 0.6) is 5.75 Å². The van der Waals surface area contributed by atoms with Crippen molar-refractivity contribution in [1.29, 1.82) is 0 Å². The van der Waals surface area contributed by atoms with Crippen molar-refractivity contribution in [2.24, 2.45) is 0 Å². The van der Waals surface area contributed by atoms with Gasteiger partial charge in [0.2, 0.25) is 5.76 Å². The SMILES string of the molecule is CCOc1ccc([C@H]2c3c(oc4cc(C)c(C)cc4c3=O)C(=O)N2CCCN2CCOCC2)cc1. The maximum atomic E-state index is 13.8. The second-order valence-corrected chi connectivity index (χ2v) is 9.32. The molecule has 0 N–H and O–H groups in total. The first-order chi connectivity index (χ1) is 17.0. The van der Waals surface area contributed by atoms with Gasteiger partial charge in [-0.15, -0.1) is 0 Å². The van der Waals surface area contributed by atoms with Gasteiger partial charge in [-0.1, -0.05) is 12.1 Å². The molecular weight excluding hydrogens is 444 g/mol. The number of carbonyl (C=O) groups excluding carboxylic acids is 1. The fourth-order valence-electron chi connectivity index (χ4n) is 5.06. The average molecular weight is 477 g/mol. The number of amides is 1. The minimum atomic E-state index is -0.486. The zero-order chi connectivity index (χ0) is 24.5. The summed E-state index contributed by atoms with van der Waals surface area (Å²) in [5.74, 6) is 0.699. The molecule has 1 amide bonds. The Morgan fingerprint density at radius 3 is 2.43 bits per heavy atom. The summed E-state index contributed by atoms with van der Waals surface area (Å²) in [5.41, 5.74) is 3.69. The molecule has 0 unspecified atom stereocenters. The quantitative estimate of drug-likeness (QED) is 0.512. The number of fused-ring (bicyclic) bond motifs is 2. The molecule has 35 heavy (non-hydrogen) atoms. The van der Waals surface area contributed by atoms with Crippen LogP contribution in [0.15, 0.2) is 45.6 Å². The lowest BCUT2D eigenvalue weighted by molar-refractivity contribution is 0.0353. The van der Waals surface area contributed by atoms with E-state index in [9.17, 15) is 9.59 Å². The average Bonchev–Trinajstić information content (AvgIpc) is 3.14. The Morgan fingerprint density at radius 1 is 1.00 bits per heavy atom. The molecule has 1 saturated heterocycles. The van der Waals surface area contributed by atoms with Crippen LogP contribution in [0.25, 0.3) is 11.0 Å². The first kappa shape index (κ1) is 23.6.